The van der Waals surface area contributed by atoms with Crippen LogP contribution in [0.4, 0.5) is 0 Å². The van der Waals surface area contributed by atoms with Crippen LogP contribution in [-0.4, -0.2) is 53.5 Å². The molecule has 3 nitrogen and oxygen atoms in total. The predicted octanol–water partition coefficient (Wildman–Crippen LogP) is 2.43. The van der Waals surface area contributed by atoms with Crippen molar-refractivity contribution in [2.75, 3.05) is 32.7 Å². The maximum Gasteiger partial charge on any atom is 0.0416 e. The van der Waals surface area contributed by atoms with Crippen LogP contribution < -0.4 is 0 Å². The molecule has 0 spiro atoms. The summed E-state index contributed by atoms with van der Waals surface area (Å²) >= 11 is 0. The molecule has 114 valence electrons. The Balaban J connectivity index is 1.24. The quantitative estimate of drug-likeness (QED) is 0.847. The van der Waals surface area contributed by atoms with E-state index in [0.717, 1.165) is 24.3 Å². The number of hydrogen-bond donors (Lipinski definition) is 0. The molecule has 1 aromatic rings. The number of fused-ring (bicyclic) bond motifs is 2. The van der Waals surface area contributed by atoms with Gasteiger partial charge in [-0.2, -0.15) is 0 Å². The molecule has 2 saturated carbocycles. The second kappa shape index (κ2) is 6.05. The van der Waals surface area contributed by atoms with E-state index in [1.54, 1.807) is 0 Å². The number of pyridine rings is 1. The van der Waals surface area contributed by atoms with E-state index < -0.39 is 0 Å². The van der Waals surface area contributed by atoms with Crippen molar-refractivity contribution < 1.29 is 0 Å². The van der Waals surface area contributed by atoms with Crippen LogP contribution >= 0.6 is 0 Å². The molecule has 2 heterocycles. The number of piperazine rings is 1. The molecule has 3 fully saturated rings. The summed E-state index contributed by atoms with van der Waals surface area (Å²) in [4.78, 5) is 9.86. The summed E-state index contributed by atoms with van der Waals surface area (Å²) in [6, 6.07) is 7.17. The third kappa shape index (κ3) is 3.00. The van der Waals surface area contributed by atoms with Gasteiger partial charge in [0.2, 0.25) is 0 Å². The average Bonchev–Trinajstić information content (AvgIpc) is 3.17. The van der Waals surface area contributed by atoms with Gasteiger partial charge in [-0.25, -0.2) is 0 Å². The summed E-state index contributed by atoms with van der Waals surface area (Å²) in [5, 5.41) is 0. The Labute approximate surface area is 128 Å². The van der Waals surface area contributed by atoms with E-state index in [2.05, 4.69) is 26.9 Å². The topological polar surface area (TPSA) is 19.4 Å². The zero-order valence-corrected chi connectivity index (χ0v) is 13.0. The molecule has 21 heavy (non-hydrogen) atoms. The monoisotopic (exact) mass is 285 g/mol. The van der Waals surface area contributed by atoms with E-state index in [-0.39, 0.29) is 0 Å². The number of nitrogens with zero attached hydrogens (tertiary/aromatic N) is 3. The maximum absolute atomic E-state index is 4.43. The van der Waals surface area contributed by atoms with Crippen molar-refractivity contribution in [2.24, 2.45) is 11.8 Å². The third-order valence-corrected chi connectivity index (χ3v) is 5.99. The van der Waals surface area contributed by atoms with Crippen LogP contribution in [0.25, 0.3) is 0 Å². The van der Waals surface area contributed by atoms with Gasteiger partial charge in [-0.1, -0.05) is 12.5 Å². The van der Waals surface area contributed by atoms with Gasteiger partial charge in [0, 0.05) is 57.1 Å². The third-order valence-electron chi connectivity index (χ3n) is 5.99. The van der Waals surface area contributed by atoms with Gasteiger partial charge in [-0.15, -0.1) is 0 Å². The van der Waals surface area contributed by atoms with Crippen molar-refractivity contribution in [1.82, 2.24) is 14.8 Å². The van der Waals surface area contributed by atoms with Crippen LogP contribution in [-0.2, 0) is 6.42 Å². The molecule has 0 radical (unpaired) electrons. The molecular weight excluding hydrogens is 258 g/mol. The van der Waals surface area contributed by atoms with Crippen LogP contribution in [0.2, 0.25) is 0 Å². The lowest BCUT2D eigenvalue weighted by Gasteiger charge is -2.41. The van der Waals surface area contributed by atoms with Crippen LogP contribution in [0.15, 0.2) is 24.4 Å². The minimum absolute atomic E-state index is 0.932. The van der Waals surface area contributed by atoms with Crippen molar-refractivity contribution in [1.29, 1.82) is 0 Å². The molecule has 1 aromatic heterocycles. The highest BCUT2D eigenvalue weighted by molar-refractivity contribution is 5.04. The van der Waals surface area contributed by atoms with Crippen LogP contribution in [0.1, 0.15) is 31.4 Å². The standard InChI is InChI=1S/C18H27N3/c1-2-7-19-17(3-1)6-8-20-9-11-21(12-10-20)18-14-15-4-5-16(18)13-15/h1-3,7,15-16,18H,4-6,8-14H2. The highest BCUT2D eigenvalue weighted by Gasteiger charge is 2.42. The fourth-order valence-electron chi connectivity index (χ4n) is 4.80. The predicted molar refractivity (Wildman–Crippen MR) is 85.2 cm³/mol. The van der Waals surface area contributed by atoms with E-state index in [1.807, 2.05) is 12.3 Å². The average molecular weight is 285 g/mol. The zero-order valence-electron chi connectivity index (χ0n) is 13.0. The van der Waals surface area contributed by atoms with Crippen LogP contribution in [0.3, 0.4) is 0 Å². The summed E-state index contributed by atoms with van der Waals surface area (Å²) in [6.07, 6.45) is 9.06. The second-order valence-corrected chi connectivity index (χ2v) is 7.19. The summed E-state index contributed by atoms with van der Waals surface area (Å²) in [7, 11) is 0. The van der Waals surface area contributed by atoms with Gasteiger partial charge in [0.1, 0.15) is 0 Å². The Morgan fingerprint density at radius 2 is 1.95 bits per heavy atom. The smallest absolute Gasteiger partial charge is 0.0416 e. The SMILES string of the molecule is c1ccc(CCN2CCN(C3CC4CCC3C4)CC2)nc1. The molecule has 3 unspecified atom stereocenters. The summed E-state index contributed by atoms with van der Waals surface area (Å²) < 4.78 is 0. The Kier molecular flexibility index (Phi) is 3.95. The summed E-state index contributed by atoms with van der Waals surface area (Å²) in [5.74, 6) is 2.11. The molecule has 2 aliphatic carbocycles. The van der Waals surface area contributed by atoms with Gasteiger partial charge in [0.05, 0.1) is 0 Å². The Bertz CT molecular complexity index is 453. The first-order valence-electron chi connectivity index (χ1n) is 8.75. The molecule has 0 N–H and O–H groups in total. The first kappa shape index (κ1) is 13.7. The second-order valence-electron chi connectivity index (χ2n) is 7.19. The van der Waals surface area contributed by atoms with Gasteiger partial charge in [0.25, 0.3) is 0 Å². The maximum atomic E-state index is 4.43. The first-order chi connectivity index (χ1) is 10.4. The van der Waals surface area contributed by atoms with Crippen LogP contribution in [0.5, 0.6) is 0 Å². The van der Waals surface area contributed by atoms with E-state index >= 15 is 0 Å². The Morgan fingerprint density at radius 3 is 2.62 bits per heavy atom. The van der Waals surface area contributed by atoms with Crippen LogP contribution in [0, 0.1) is 11.8 Å². The molecule has 1 saturated heterocycles. The van der Waals surface area contributed by atoms with Gasteiger partial charge in [-0.3, -0.25) is 9.88 Å². The molecule has 3 aliphatic rings. The molecule has 3 heteroatoms. The highest BCUT2D eigenvalue weighted by Crippen LogP contribution is 2.46. The molecular formula is C18H27N3. The fourth-order valence-corrected chi connectivity index (χ4v) is 4.80. The van der Waals surface area contributed by atoms with E-state index in [9.17, 15) is 0 Å². The fraction of sp³-hybridized carbons (Fsp3) is 0.722. The number of hydrogen-bond acceptors (Lipinski definition) is 3. The van der Waals surface area contributed by atoms with Crippen molar-refractivity contribution >= 4 is 0 Å². The first-order valence-corrected chi connectivity index (χ1v) is 8.75. The van der Waals surface area contributed by atoms with E-state index in [0.29, 0.717) is 0 Å². The van der Waals surface area contributed by atoms with Crippen molar-refractivity contribution in [3.05, 3.63) is 30.1 Å². The molecule has 3 atom stereocenters. The zero-order chi connectivity index (χ0) is 14.1. The Morgan fingerprint density at radius 1 is 1.05 bits per heavy atom. The van der Waals surface area contributed by atoms with Gasteiger partial charge >= 0.3 is 0 Å². The minimum Gasteiger partial charge on any atom is -0.300 e. The summed E-state index contributed by atoms with van der Waals surface area (Å²) in [5.41, 5.74) is 1.23. The summed E-state index contributed by atoms with van der Waals surface area (Å²) in [6.45, 7) is 6.25. The van der Waals surface area contributed by atoms with E-state index in [1.165, 1.54) is 64.1 Å². The number of rotatable bonds is 4. The highest BCUT2D eigenvalue weighted by atomic mass is 15.3. The minimum atomic E-state index is 0.932. The largest absolute Gasteiger partial charge is 0.300 e. The van der Waals surface area contributed by atoms with Crippen molar-refractivity contribution in [3.8, 4) is 0 Å². The number of aromatic nitrogens is 1. The molecule has 4 rings (SSSR count). The van der Waals surface area contributed by atoms with Gasteiger partial charge < -0.3 is 4.90 Å². The molecule has 0 amide bonds. The Hall–Kier alpha value is -0.930. The lowest BCUT2D eigenvalue weighted by atomic mass is 9.93. The normalized spacial score (nSPS) is 33.6. The van der Waals surface area contributed by atoms with Crippen molar-refractivity contribution in [2.45, 2.75) is 38.1 Å². The van der Waals surface area contributed by atoms with Gasteiger partial charge in [0.15, 0.2) is 0 Å². The molecule has 0 aromatic carbocycles. The lowest BCUT2D eigenvalue weighted by Crippen LogP contribution is -2.52. The molecule has 1 aliphatic heterocycles. The lowest BCUT2D eigenvalue weighted by molar-refractivity contribution is 0.0717. The van der Waals surface area contributed by atoms with Crippen molar-refractivity contribution in [3.63, 3.8) is 0 Å². The van der Waals surface area contributed by atoms with Gasteiger partial charge in [-0.05, 0) is 43.2 Å². The van der Waals surface area contributed by atoms with E-state index in [4.69, 9.17) is 0 Å². The molecule has 2 bridgehead atoms.